The van der Waals surface area contributed by atoms with Crippen LogP contribution in [0.25, 0.3) is 28.1 Å². The Bertz CT molecular complexity index is 1490. The summed E-state index contributed by atoms with van der Waals surface area (Å²) in [4.78, 5) is 18.5. The zero-order valence-corrected chi connectivity index (χ0v) is 17.6. The molecule has 1 aliphatic rings. The highest BCUT2D eigenvalue weighted by Gasteiger charge is 2.24. The van der Waals surface area contributed by atoms with Gasteiger partial charge in [0.25, 0.3) is 0 Å². The molecule has 0 radical (unpaired) electrons. The molecule has 33 heavy (non-hydrogen) atoms. The molecule has 10 nitrogen and oxygen atoms in total. The molecule has 0 aromatic carbocycles. The third kappa shape index (κ3) is 3.44. The summed E-state index contributed by atoms with van der Waals surface area (Å²) >= 11 is 0. The quantitative estimate of drug-likeness (QED) is 0.454. The fraction of sp³-hybridized carbons (Fsp3) is 0.217. The maximum Gasteiger partial charge on any atom is 0.210 e. The van der Waals surface area contributed by atoms with Crippen molar-refractivity contribution in [1.29, 1.82) is 5.26 Å². The first-order valence-corrected chi connectivity index (χ1v) is 10.7. The Morgan fingerprint density at radius 1 is 1.12 bits per heavy atom. The van der Waals surface area contributed by atoms with Crippen molar-refractivity contribution in [3.8, 4) is 17.5 Å². The third-order valence-corrected chi connectivity index (χ3v) is 5.80. The molecule has 6 heterocycles. The van der Waals surface area contributed by atoms with Crippen molar-refractivity contribution in [3.63, 3.8) is 0 Å². The summed E-state index contributed by atoms with van der Waals surface area (Å²) < 4.78 is 9.44. The number of hydrogen-bond donors (Lipinski definition) is 1. The van der Waals surface area contributed by atoms with Crippen LogP contribution in [-0.4, -0.2) is 47.3 Å². The number of nitrogens with one attached hydrogen (secondary N) is 1. The minimum Gasteiger partial charge on any atom is -0.381 e. The number of ether oxygens (including phenoxy) is 1. The molecule has 10 heteroatoms. The van der Waals surface area contributed by atoms with Crippen molar-refractivity contribution < 1.29 is 4.74 Å². The van der Waals surface area contributed by atoms with Crippen molar-refractivity contribution in [2.75, 3.05) is 18.5 Å². The predicted molar refractivity (Wildman–Crippen MR) is 121 cm³/mol. The lowest BCUT2D eigenvalue weighted by atomic mass is 10.1. The molecular weight excluding hydrogens is 418 g/mol. The van der Waals surface area contributed by atoms with E-state index in [1.54, 1.807) is 47.6 Å². The van der Waals surface area contributed by atoms with Gasteiger partial charge in [0.15, 0.2) is 11.5 Å². The van der Waals surface area contributed by atoms with E-state index in [0.29, 0.717) is 36.1 Å². The molecule has 0 amide bonds. The summed E-state index contributed by atoms with van der Waals surface area (Å²) in [7, 11) is 0. The number of hydrogen-bond acceptors (Lipinski definition) is 8. The van der Waals surface area contributed by atoms with Crippen LogP contribution in [-0.2, 0) is 4.74 Å². The van der Waals surface area contributed by atoms with Crippen molar-refractivity contribution in [3.05, 3.63) is 60.8 Å². The third-order valence-electron chi connectivity index (χ3n) is 5.80. The van der Waals surface area contributed by atoms with Crippen LogP contribution in [0.2, 0.25) is 0 Å². The molecule has 5 aromatic rings. The highest BCUT2D eigenvalue weighted by molar-refractivity contribution is 5.81. The zero-order chi connectivity index (χ0) is 22.2. The number of pyridine rings is 2. The second-order valence-corrected chi connectivity index (χ2v) is 7.83. The first-order chi connectivity index (χ1) is 16.3. The van der Waals surface area contributed by atoms with Gasteiger partial charge in [-0.3, -0.25) is 9.55 Å². The van der Waals surface area contributed by atoms with Crippen molar-refractivity contribution in [1.82, 2.24) is 34.1 Å². The summed E-state index contributed by atoms with van der Waals surface area (Å²) in [6.45, 7) is 1.39. The molecule has 0 bridgehead atoms. The summed E-state index contributed by atoms with van der Waals surface area (Å²) in [5.74, 6) is 1.23. The van der Waals surface area contributed by atoms with Gasteiger partial charge in [0, 0.05) is 31.6 Å². The lowest BCUT2D eigenvalue weighted by Gasteiger charge is -2.25. The second kappa shape index (κ2) is 7.96. The van der Waals surface area contributed by atoms with Crippen molar-refractivity contribution >= 4 is 28.3 Å². The maximum atomic E-state index is 9.30. The average molecular weight is 437 g/mol. The lowest BCUT2D eigenvalue weighted by Crippen LogP contribution is -2.21. The van der Waals surface area contributed by atoms with Crippen LogP contribution < -0.4 is 5.32 Å². The van der Waals surface area contributed by atoms with Gasteiger partial charge in [-0.2, -0.15) is 10.4 Å². The number of rotatable bonds is 4. The van der Waals surface area contributed by atoms with E-state index in [0.717, 1.165) is 35.3 Å². The molecule has 6 rings (SSSR count). The number of aromatic nitrogens is 7. The van der Waals surface area contributed by atoms with Gasteiger partial charge in [0.2, 0.25) is 5.95 Å². The summed E-state index contributed by atoms with van der Waals surface area (Å²) in [5, 5.41) is 17.1. The van der Waals surface area contributed by atoms with Gasteiger partial charge in [-0.1, -0.05) is 0 Å². The minimum atomic E-state index is 0.194. The van der Waals surface area contributed by atoms with Gasteiger partial charge in [0.1, 0.15) is 5.52 Å². The molecule has 0 spiro atoms. The first kappa shape index (κ1) is 19.3. The van der Waals surface area contributed by atoms with E-state index in [4.69, 9.17) is 14.7 Å². The molecular formula is C23H19N9O. The molecule has 1 N–H and O–H groups in total. The Hall–Kier alpha value is -4.36. The van der Waals surface area contributed by atoms with E-state index in [1.165, 1.54) is 0 Å². The van der Waals surface area contributed by atoms with Crippen LogP contribution in [0.15, 0.2) is 55.2 Å². The standard InChI is InChI=1S/C23H19N9O/c24-11-15-3-7-31-20(10-15)18(13-27-31)21-26-14-19-22(30-21)32(17-4-8-33-9-5-17)23(29-19)28-16-2-1-6-25-12-16/h1-3,6-7,10,12-14,17H,4-5,8-9H2,(H,28,29). The Morgan fingerprint density at radius 2 is 2.03 bits per heavy atom. The van der Waals surface area contributed by atoms with E-state index >= 15 is 0 Å². The van der Waals surface area contributed by atoms with E-state index in [2.05, 4.69) is 31.0 Å². The SMILES string of the molecule is N#Cc1ccn2ncc(-c3ncc4nc(Nc5cccnc5)n(C5CCOCC5)c4n3)c2c1. The number of nitrogens with zero attached hydrogens (tertiary/aromatic N) is 8. The molecule has 1 fully saturated rings. The largest absolute Gasteiger partial charge is 0.381 e. The number of imidazole rings is 1. The van der Waals surface area contributed by atoms with Gasteiger partial charge in [-0.05, 0) is 37.1 Å². The van der Waals surface area contributed by atoms with E-state index < -0.39 is 0 Å². The smallest absolute Gasteiger partial charge is 0.210 e. The zero-order valence-electron chi connectivity index (χ0n) is 17.6. The van der Waals surface area contributed by atoms with Gasteiger partial charge >= 0.3 is 0 Å². The van der Waals surface area contributed by atoms with Crippen molar-refractivity contribution in [2.24, 2.45) is 0 Å². The Labute approximate surface area is 188 Å². The van der Waals surface area contributed by atoms with Gasteiger partial charge in [-0.15, -0.1) is 0 Å². The van der Waals surface area contributed by atoms with Crippen LogP contribution in [0.3, 0.4) is 0 Å². The monoisotopic (exact) mass is 437 g/mol. The fourth-order valence-corrected chi connectivity index (χ4v) is 4.19. The Balaban J connectivity index is 1.51. The molecule has 0 saturated carbocycles. The van der Waals surface area contributed by atoms with Crippen LogP contribution in [0.5, 0.6) is 0 Å². The number of nitriles is 1. The highest BCUT2D eigenvalue weighted by atomic mass is 16.5. The predicted octanol–water partition coefficient (Wildman–Crippen LogP) is 3.50. The van der Waals surface area contributed by atoms with Gasteiger partial charge < -0.3 is 10.1 Å². The summed E-state index contributed by atoms with van der Waals surface area (Å²) in [6, 6.07) is 9.71. The summed E-state index contributed by atoms with van der Waals surface area (Å²) in [6.07, 6.45) is 10.5. The average Bonchev–Trinajstić information content (AvgIpc) is 3.45. The van der Waals surface area contributed by atoms with E-state index in [1.807, 2.05) is 12.1 Å². The lowest BCUT2D eigenvalue weighted by molar-refractivity contribution is 0.0710. The molecule has 0 unspecified atom stereocenters. The molecule has 5 aromatic heterocycles. The molecule has 162 valence electrons. The number of anilines is 2. The number of fused-ring (bicyclic) bond motifs is 2. The van der Waals surface area contributed by atoms with Crippen LogP contribution >= 0.6 is 0 Å². The minimum absolute atomic E-state index is 0.194. The Morgan fingerprint density at radius 3 is 2.85 bits per heavy atom. The van der Waals surface area contributed by atoms with Crippen LogP contribution in [0.4, 0.5) is 11.6 Å². The first-order valence-electron chi connectivity index (χ1n) is 10.7. The van der Waals surface area contributed by atoms with Gasteiger partial charge in [0.05, 0.1) is 47.0 Å². The van der Waals surface area contributed by atoms with Crippen LogP contribution in [0, 0.1) is 11.3 Å². The van der Waals surface area contributed by atoms with Crippen LogP contribution in [0.1, 0.15) is 24.4 Å². The topological polar surface area (TPSA) is 119 Å². The fourth-order valence-electron chi connectivity index (χ4n) is 4.19. The molecule has 1 aliphatic heterocycles. The molecule has 0 atom stereocenters. The summed E-state index contributed by atoms with van der Waals surface area (Å²) in [5.41, 5.74) is 4.39. The normalized spacial score (nSPS) is 14.5. The highest BCUT2D eigenvalue weighted by Crippen LogP contribution is 2.32. The van der Waals surface area contributed by atoms with E-state index in [-0.39, 0.29) is 6.04 Å². The molecule has 0 aliphatic carbocycles. The second-order valence-electron chi connectivity index (χ2n) is 7.83. The van der Waals surface area contributed by atoms with Crippen molar-refractivity contribution in [2.45, 2.75) is 18.9 Å². The molecule has 1 saturated heterocycles. The Kier molecular flexibility index (Phi) is 4.66. The van der Waals surface area contributed by atoms with Gasteiger partial charge in [-0.25, -0.2) is 19.5 Å². The van der Waals surface area contributed by atoms with E-state index in [9.17, 15) is 5.26 Å². The maximum absolute atomic E-state index is 9.30.